The zero-order valence-electron chi connectivity index (χ0n) is 21.1. The van der Waals surface area contributed by atoms with Crippen molar-refractivity contribution in [1.82, 2.24) is 14.8 Å². The van der Waals surface area contributed by atoms with Crippen LogP contribution in [0.3, 0.4) is 0 Å². The number of amides is 1. The van der Waals surface area contributed by atoms with Crippen molar-refractivity contribution in [2.45, 2.75) is 51.6 Å². The fourth-order valence-electron chi connectivity index (χ4n) is 5.58. The summed E-state index contributed by atoms with van der Waals surface area (Å²) in [7, 11) is 1.59. The Kier molecular flexibility index (Phi) is 7.67. The van der Waals surface area contributed by atoms with E-state index in [0.717, 1.165) is 51.0 Å². The highest BCUT2D eigenvalue weighted by Gasteiger charge is 2.32. The van der Waals surface area contributed by atoms with Gasteiger partial charge in [0.15, 0.2) is 11.3 Å². The summed E-state index contributed by atoms with van der Waals surface area (Å²) in [6.45, 7) is 6.80. The summed E-state index contributed by atoms with van der Waals surface area (Å²) >= 11 is 6.10. The largest absolute Gasteiger partial charge is 0.493 e. The van der Waals surface area contributed by atoms with Gasteiger partial charge in [-0.2, -0.15) is 4.98 Å². The molecule has 1 atom stereocenters. The molecule has 0 radical (unpaired) electrons. The number of ether oxygens (including phenoxy) is 1. The highest BCUT2D eigenvalue weighted by molar-refractivity contribution is 6.30. The van der Waals surface area contributed by atoms with Crippen molar-refractivity contribution >= 4 is 34.6 Å². The van der Waals surface area contributed by atoms with E-state index in [4.69, 9.17) is 20.8 Å². The third-order valence-electron chi connectivity index (χ3n) is 7.55. The van der Waals surface area contributed by atoms with Crippen molar-refractivity contribution in [3.05, 3.63) is 52.5 Å². The molecule has 1 aliphatic carbocycles. The normalized spacial score (nSPS) is 18.7. The van der Waals surface area contributed by atoms with Gasteiger partial charge in [-0.25, -0.2) is 0 Å². The van der Waals surface area contributed by atoms with E-state index in [1.165, 1.54) is 12.8 Å². The Morgan fingerprint density at radius 1 is 1.25 bits per heavy atom. The number of oxazole rings is 1. The van der Waals surface area contributed by atoms with Crippen molar-refractivity contribution in [3.8, 4) is 5.75 Å². The first-order valence-corrected chi connectivity index (χ1v) is 13.4. The minimum absolute atomic E-state index is 0.0634. The van der Waals surface area contributed by atoms with Crippen molar-refractivity contribution in [2.24, 2.45) is 5.92 Å². The van der Waals surface area contributed by atoms with Crippen LogP contribution in [-0.2, 0) is 6.54 Å². The Balaban J connectivity index is 1.38. The van der Waals surface area contributed by atoms with Gasteiger partial charge in [-0.3, -0.25) is 4.79 Å². The average molecular weight is 511 g/mol. The van der Waals surface area contributed by atoms with Crippen LogP contribution in [0.25, 0.3) is 11.1 Å². The molecule has 5 rings (SSSR count). The summed E-state index contributed by atoms with van der Waals surface area (Å²) in [5.74, 6) is 1.10. The Hall–Kier alpha value is -2.77. The van der Waals surface area contributed by atoms with E-state index < -0.39 is 0 Å². The van der Waals surface area contributed by atoms with E-state index in [1.54, 1.807) is 13.2 Å². The monoisotopic (exact) mass is 510 g/mol. The topological polar surface area (TPSA) is 70.8 Å². The molecule has 1 saturated carbocycles. The van der Waals surface area contributed by atoms with Gasteiger partial charge >= 0.3 is 0 Å². The molecule has 2 aromatic carbocycles. The predicted molar refractivity (Wildman–Crippen MR) is 143 cm³/mol. The van der Waals surface area contributed by atoms with Crippen LogP contribution in [0.1, 0.15) is 54.9 Å². The lowest BCUT2D eigenvalue weighted by Crippen LogP contribution is -2.42. The second-order valence-electron chi connectivity index (χ2n) is 9.97. The molecule has 36 heavy (non-hydrogen) atoms. The zero-order valence-corrected chi connectivity index (χ0v) is 21.9. The van der Waals surface area contributed by atoms with Crippen LogP contribution < -0.4 is 10.1 Å². The molecule has 2 aliphatic rings. The maximum Gasteiger partial charge on any atom is 0.296 e. The van der Waals surface area contributed by atoms with Crippen LogP contribution in [-0.4, -0.2) is 60.0 Å². The van der Waals surface area contributed by atoms with E-state index in [9.17, 15) is 4.79 Å². The number of halogens is 1. The molecule has 1 saturated heterocycles. The maximum absolute atomic E-state index is 13.9. The Bertz CT molecular complexity index is 1210. The zero-order chi connectivity index (χ0) is 25.1. The summed E-state index contributed by atoms with van der Waals surface area (Å²) < 4.78 is 11.6. The van der Waals surface area contributed by atoms with E-state index >= 15 is 0 Å². The molecule has 1 unspecified atom stereocenters. The minimum atomic E-state index is 0.0634. The Morgan fingerprint density at radius 3 is 2.81 bits per heavy atom. The molecule has 1 aliphatic heterocycles. The summed E-state index contributed by atoms with van der Waals surface area (Å²) in [5.41, 5.74) is 2.76. The van der Waals surface area contributed by atoms with Crippen molar-refractivity contribution < 1.29 is 13.9 Å². The molecule has 192 valence electrons. The standard InChI is InChI=1S/C28H35ClN4O3/c1-3-32-12-11-20(17-32)18-33(23-9-4-5-10-23)27(34)21-14-24-26(25(15-21)35-2)36-28(31-24)30-16-19-7-6-8-22(29)13-19/h6-8,13-15,20,23H,3-5,9-12,16-18H2,1-2H3,(H,30,31). The van der Waals surface area contributed by atoms with Gasteiger partial charge in [0.25, 0.3) is 11.9 Å². The second-order valence-corrected chi connectivity index (χ2v) is 10.4. The number of nitrogens with zero attached hydrogens (tertiary/aromatic N) is 3. The fourth-order valence-corrected chi connectivity index (χ4v) is 5.80. The molecule has 8 heteroatoms. The SMILES string of the molecule is CCN1CCC(CN(C(=O)c2cc(OC)c3oc(NCc4cccc(Cl)c4)nc3c2)C2CCCC2)C1. The molecular formula is C28H35ClN4O3. The van der Waals surface area contributed by atoms with E-state index in [0.29, 0.717) is 52.0 Å². The Labute approximate surface area is 217 Å². The van der Waals surface area contributed by atoms with Gasteiger partial charge in [0.2, 0.25) is 0 Å². The minimum Gasteiger partial charge on any atom is -0.493 e. The van der Waals surface area contributed by atoms with Gasteiger partial charge in [-0.15, -0.1) is 0 Å². The van der Waals surface area contributed by atoms with Crippen molar-refractivity contribution in [1.29, 1.82) is 0 Å². The van der Waals surface area contributed by atoms with Gasteiger partial charge in [0.05, 0.1) is 7.11 Å². The van der Waals surface area contributed by atoms with Gasteiger partial charge in [-0.1, -0.05) is 43.5 Å². The molecule has 1 N–H and O–H groups in total. The fraction of sp³-hybridized carbons (Fsp3) is 0.500. The maximum atomic E-state index is 13.9. The van der Waals surface area contributed by atoms with Gasteiger partial charge in [-0.05, 0) is 68.1 Å². The number of carbonyl (C=O) groups is 1. The molecule has 0 spiro atoms. The third-order valence-corrected chi connectivity index (χ3v) is 7.79. The van der Waals surface area contributed by atoms with Gasteiger partial charge in [0, 0.05) is 36.3 Å². The third kappa shape index (κ3) is 5.47. The van der Waals surface area contributed by atoms with Crippen LogP contribution in [0.15, 0.2) is 40.8 Å². The number of benzene rings is 2. The van der Waals surface area contributed by atoms with Crippen LogP contribution in [0, 0.1) is 5.92 Å². The summed E-state index contributed by atoms with van der Waals surface area (Å²) in [6, 6.07) is 12.0. The predicted octanol–water partition coefficient (Wildman–Crippen LogP) is 5.83. The lowest BCUT2D eigenvalue weighted by molar-refractivity contribution is 0.0646. The first-order valence-electron chi connectivity index (χ1n) is 13.0. The highest BCUT2D eigenvalue weighted by atomic mass is 35.5. The van der Waals surface area contributed by atoms with E-state index in [-0.39, 0.29) is 5.91 Å². The summed E-state index contributed by atoms with van der Waals surface area (Å²) in [5, 5.41) is 3.89. The van der Waals surface area contributed by atoms with Gasteiger partial charge in [0.1, 0.15) is 5.52 Å². The number of methoxy groups -OCH3 is 1. The molecule has 0 bridgehead atoms. The van der Waals surface area contributed by atoms with Crippen molar-refractivity contribution in [2.75, 3.05) is 38.6 Å². The molecule has 1 aromatic heterocycles. The second kappa shape index (κ2) is 11.1. The van der Waals surface area contributed by atoms with Crippen molar-refractivity contribution in [3.63, 3.8) is 0 Å². The number of fused-ring (bicyclic) bond motifs is 1. The first-order chi connectivity index (χ1) is 17.5. The number of hydrogen-bond donors (Lipinski definition) is 1. The molecule has 2 heterocycles. The lowest BCUT2D eigenvalue weighted by Gasteiger charge is -2.31. The number of hydrogen-bond acceptors (Lipinski definition) is 6. The quantitative estimate of drug-likeness (QED) is 0.390. The number of rotatable bonds is 9. The molecule has 2 fully saturated rings. The van der Waals surface area contributed by atoms with Crippen LogP contribution in [0.2, 0.25) is 5.02 Å². The number of carbonyl (C=O) groups excluding carboxylic acids is 1. The summed E-state index contributed by atoms with van der Waals surface area (Å²) in [4.78, 5) is 23.1. The first kappa shape index (κ1) is 24.9. The van der Waals surface area contributed by atoms with Crippen LogP contribution >= 0.6 is 11.6 Å². The molecule has 3 aromatic rings. The van der Waals surface area contributed by atoms with Crippen LogP contribution in [0.5, 0.6) is 5.75 Å². The molecule has 7 nitrogen and oxygen atoms in total. The smallest absolute Gasteiger partial charge is 0.296 e. The van der Waals surface area contributed by atoms with E-state index in [2.05, 4.69) is 27.0 Å². The average Bonchev–Trinajstić information content (AvgIpc) is 3.65. The highest BCUT2D eigenvalue weighted by Crippen LogP contribution is 2.33. The number of likely N-dealkylation sites (tertiary alicyclic amines) is 1. The molecular weight excluding hydrogens is 476 g/mol. The van der Waals surface area contributed by atoms with Gasteiger partial charge < -0.3 is 24.3 Å². The number of nitrogens with one attached hydrogen (secondary N) is 1. The number of anilines is 1. The van der Waals surface area contributed by atoms with E-state index in [1.807, 2.05) is 30.3 Å². The lowest BCUT2D eigenvalue weighted by atomic mass is 10.0. The Morgan fingerprint density at radius 2 is 2.08 bits per heavy atom. The van der Waals surface area contributed by atoms with Crippen LogP contribution in [0.4, 0.5) is 6.01 Å². The molecule has 1 amide bonds. The number of aromatic nitrogens is 1. The summed E-state index contributed by atoms with van der Waals surface area (Å²) in [6.07, 6.45) is 5.69.